The molecule has 5 nitrogen and oxygen atoms in total. The lowest BCUT2D eigenvalue weighted by Crippen LogP contribution is -2.50. The molecule has 0 unspecified atom stereocenters. The Bertz CT molecular complexity index is 739. The molecule has 0 radical (unpaired) electrons. The molecule has 1 aromatic carbocycles. The maximum atomic E-state index is 12.3. The molecular formula is C17H17Cl2N3O2S. The number of benzene rings is 1. The van der Waals surface area contributed by atoms with Crippen LogP contribution in [0.5, 0.6) is 0 Å². The summed E-state index contributed by atoms with van der Waals surface area (Å²) < 4.78 is 0. The Morgan fingerprint density at radius 2 is 1.72 bits per heavy atom. The summed E-state index contributed by atoms with van der Waals surface area (Å²) in [4.78, 5) is 29.1. The lowest BCUT2D eigenvalue weighted by atomic mass is 10.2. The van der Waals surface area contributed by atoms with E-state index < -0.39 is 0 Å². The van der Waals surface area contributed by atoms with E-state index in [1.807, 2.05) is 27.3 Å². The Balaban J connectivity index is 1.50. The van der Waals surface area contributed by atoms with Gasteiger partial charge in [0.05, 0.1) is 27.2 Å². The number of amides is 2. The molecule has 1 aliphatic heterocycles. The molecule has 2 aromatic rings. The molecule has 0 aliphatic carbocycles. The predicted octanol–water partition coefficient (Wildman–Crippen LogP) is 3.45. The maximum Gasteiger partial charge on any atom is 0.264 e. The van der Waals surface area contributed by atoms with Gasteiger partial charge in [0.2, 0.25) is 5.91 Å². The average Bonchev–Trinajstić information content (AvgIpc) is 3.13. The van der Waals surface area contributed by atoms with E-state index in [-0.39, 0.29) is 18.4 Å². The highest BCUT2D eigenvalue weighted by Gasteiger charge is 2.24. The number of nitrogens with one attached hydrogen (secondary N) is 1. The zero-order valence-electron chi connectivity index (χ0n) is 13.4. The van der Waals surface area contributed by atoms with Gasteiger partial charge in [0.15, 0.2) is 0 Å². The van der Waals surface area contributed by atoms with Gasteiger partial charge in [-0.15, -0.1) is 11.3 Å². The molecule has 1 N–H and O–H groups in total. The summed E-state index contributed by atoms with van der Waals surface area (Å²) in [6.45, 7) is 2.76. The summed E-state index contributed by atoms with van der Waals surface area (Å²) in [7, 11) is 0. The number of para-hydroxylation sites is 1. The molecule has 0 spiro atoms. The van der Waals surface area contributed by atoms with E-state index in [9.17, 15) is 9.59 Å². The van der Waals surface area contributed by atoms with Crippen LogP contribution in [-0.2, 0) is 4.79 Å². The Morgan fingerprint density at radius 1 is 1.04 bits per heavy atom. The number of thiophene rings is 1. The second-order valence-electron chi connectivity index (χ2n) is 5.69. The van der Waals surface area contributed by atoms with Gasteiger partial charge in [-0.2, -0.15) is 0 Å². The average molecular weight is 398 g/mol. The van der Waals surface area contributed by atoms with Crippen molar-refractivity contribution in [3.8, 4) is 0 Å². The minimum atomic E-state index is -0.173. The minimum Gasteiger partial charge on any atom is -0.335 e. The van der Waals surface area contributed by atoms with Gasteiger partial charge in [0.1, 0.15) is 0 Å². The second kappa shape index (κ2) is 8.19. The molecule has 132 valence electrons. The quantitative estimate of drug-likeness (QED) is 0.859. The first-order valence-corrected chi connectivity index (χ1v) is 9.47. The fourth-order valence-corrected chi connectivity index (χ4v) is 3.85. The Hall–Kier alpha value is -1.60. The van der Waals surface area contributed by atoms with Crippen molar-refractivity contribution < 1.29 is 9.59 Å². The highest BCUT2D eigenvalue weighted by Crippen LogP contribution is 2.29. The highest BCUT2D eigenvalue weighted by atomic mass is 35.5. The summed E-state index contributed by atoms with van der Waals surface area (Å²) in [5.41, 5.74) is 0.433. The van der Waals surface area contributed by atoms with Crippen molar-refractivity contribution in [2.45, 2.75) is 0 Å². The first-order valence-electron chi connectivity index (χ1n) is 7.83. The first kappa shape index (κ1) is 18.2. The van der Waals surface area contributed by atoms with Crippen LogP contribution < -0.4 is 5.32 Å². The van der Waals surface area contributed by atoms with Gasteiger partial charge in [-0.25, -0.2) is 0 Å². The highest BCUT2D eigenvalue weighted by molar-refractivity contribution is 7.12. The van der Waals surface area contributed by atoms with E-state index >= 15 is 0 Å². The summed E-state index contributed by atoms with van der Waals surface area (Å²) in [5.74, 6) is -0.116. The normalized spacial score (nSPS) is 15.2. The van der Waals surface area contributed by atoms with E-state index in [4.69, 9.17) is 23.2 Å². The number of carbonyl (C=O) groups is 2. The van der Waals surface area contributed by atoms with Crippen molar-refractivity contribution in [2.75, 3.05) is 38.0 Å². The van der Waals surface area contributed by atoms with Gasteiger partial charge in [-0.3, -0.25) is 14.5 Å². The molecule has 0 saturated carbocycles. The number of anilines is 1. The third-order valence-electron chi connectivity index (χ3n) is 3.99. The number of hydrogen-bond donors (Lipinski definition) is 1. The van der Waals surface area contributed by atoms with Crippen LogP contribution in [0.15, 0.2) is 35.7 Å². The molecule has 25 heavy (non-hydrogen) atoms. The molecule has 1 aromatic heterocycles. The van der Waals surface area contributed by atoms with Crippen LogP contribution in [0.4, 0.5) is 5.69 Å². The van der Waals surface area contributed by atoms with E-state index in [1.54, 1.807) is 18.2 Å². The second-order valence-corrected chi connectivity index (χ2v) is 7.45. The van der Waals surface area contributed by atoms with Gasteiger partial charge < -0.3 is 10.2 Å². The number of hydrogen-bond acceptors (Lipinski definition) is 4. The van der Waals surface area contributed by atoms with Crippen LogP contribution in [0.1, 0.15) is 9.67 Å². The van der Waals surface area contributed by atoms with E-state index in [1.165, 1.54) is 11.3 Å². The predicted molar refractivity (Wildman–Crippen MR) is 102 cm³/mol. The molecule has 0 bridgehead atoms. The molecule has 0 atom stereocenters. The van der Waals surface area contributed by atoms with E-state index in [0.29, 0.717) is 41.9 Å². The van der Waals surface area contributed by atoms with Crippen molar-refractivity contribution in [3.05, 3.63) is 50.6 Å². The van der Waals surface area contributed by atoms with Crippen molar-refractivity contribution >= 4 is 52.0 Å². The third kappa shape index (κ3) is 4.52. The number of halogens is 2. The molecule has 1 aliphatic rings. The van der Waals surface area contributed by atoms with Crippen molar-refractivity contribution in [2.24, 2.45) is 0 Å². The van der Waals surface area contributed by atoms with Gasteiger partial charge >= 0.3 is 0 Å². The standard InChI is InChI=1S/C17H17Cl2N3O2S/c18-12-3-1-4-13(19)16(12)20-15(23)11-21-6-8-22(9-7-21)17(24)14-5-2-10-25-14/h1-5,10H,6-9,11H2,(H,20,23). The first-order chi connectivity index (χ1) is 12.0. The molecule has 2 amide bonds. The monoisotopic (exact) mass is 397 g/mol. The number of rotatable bonds is 4. The fourth-order valence-electron chi connectivity index (χ4n) is 2.66. The zero-order valence-corrected chi connectivity index (χ0v) is 15.7. The molecule has 2 heterocycles. The SMILES string of the molecule is O=C(CN1CCN(C(=O)c2cccs2)CC1)Nc1c(Cl)cccc1Cl. The summed E-state index contributed by atoms with van der Waals surface area (Å²) in [6, 6.07) is 8.79. The van der Waals surface area contributed by atoms with Crippen molar-refractivity contribution in [3.63, 3.8) is 0 Å². The summed E-state index contributed by atoms with van der Waals surface area (Å²) in [5, 5.41) is 5.47. The molecule has 8 heteroatoms. The van der Waals surface area contributed by atoms with E-state index in [2.05, 4.69) is 5.32 Å². The molecule has 3 rings (SSSR count). The lowest BCUT2D eigenvalue weighted by Gasteiger charge is -2.34. The Morgan fingerprint density at radius 3 is 2.32 bits per heavy atom. The zero-order chi connectivity index (χ0) is 17.8. The lowest BCUT2D eigenvalue weighted by molar-refractivity contribution is -0.117. The summed E-state index contributed by atoms with van der Waals surface area (Å²) >= 11 is 13.6. The van der Waals surface area contributed by atoms with E-state index in [0.717, 1.165) is 4.88 Å². The van der Waals surface area contributed by atoms with Crippen LogP contribution in [0.2, 0.25) is 10.0 Å². The van der Waals surface area contributed by atoms with Gasteiger partial charge in [0, 0.05) is 26.2 Å². The minimum absolute atomic E-state index is 0.0574. The molecule has 1 saturated heterocycles. The third-order valence-corrected chi connectivity index (χ3v) is 5.47. The fraction of sp³-hybridized carbons (Fsp3) is 0.294. The Kier molecular flexibility index (Phi) is 5.96. The van der Waals surface area contributed by atoms with Crippen LogP contribution in [0.25, 0.3) is 0 Å². The largest absolute Gasteiger partial charge is 0.335 e. The molecule has 1 fully saturated rings. The van der Waals surface area contributed by atoms with Gasteiger partial charge in [-0.05, 0) is 23.6 Å². The van der Waals surface area contributed by atoms with Crippen LogP contribution in [0, 0.1) is 0 Å². The number of carbonyl (C=O) groups excluding carboxylic acids is 2. The molecular weight excluding hydrogens is 381 g/mol. The van der Waals surface area contributed by atoms with Crippen molar-refractivity contribution in [1.82, 2.24) is 9.80 Å². The van der Waals surface area contributed by atoms with Crippen LogP contribution >= 0.6 is 34.5 Å². The smallest absolute Gasteiger partial charge is 0.264 e. The van der Waals surface area contributed by atoms with Gasteiger partial charge in [-0.1, -0.05) is 35.3 Å². The van der Waals surface area contributed by atoms with Crippen molar-refractivity contribution in [1.29, 1.82) is 0 Å². The number of nitrogens with zero attached hydrogens (tertiary/aromatic N) is 2. The van der Waals surface area contributed by atoms with Crippen LogP contribution in [-0.4, -0.2) is 54.3 Å². The number of piperazine rings is 1. The van der Waals surface area contributed by atoms with Crippen LogP contribution in [0.3, 0.4) is 0 Å². The summed E-state index contributed by atoms with van der Waals surface area (Å²) in [6.07, 6.45) is 0. The maximum absolute atomic E-state index is 12.3. The Labute approximate surface area is 160 Å². The topological polar surface area (TPSA) is 52.7 Å². The van der Waals surface area contributed by atoms with Gasteiger partial charge in [0.25, 0.3) is 5.91 Å².